The number of likely N-dealkylation sites (N-methyl/N-ethyl adjacent to an activating group) is 1. The Morgan fingerprint density at radius 2 is 2.15 bits per heavy atom. The lowest BCUT2D eigenvalue weighted by atomic mass is 9.77. The van der Waals surface area contributed by atoms with E-state index in [0.29, 0.717) is 12.8 Å². The van der Waals surface area contributed by atoms with Gasteiger partial charge >= 0.3 is 5.97 Å². The van der Waals surface area contributed by atoms with Crippen molar-refractivity contribution < 1.29 is 19.0 Å². The van der Waals surface area contributed by atoms with Gasteiger partial charge in [0.05, 0.1) is 12.1 Å². The number of ether oxygens (including phenoxy) is 3. The number of hydrogen-bond donors (Lipinski definition) is 0. The monoisotopic (exact) mass is 448 g/mol. The smallest absolute Gasteiger partial charge is 0.332 e. The van der Waals surface area contributed by atoms with E-state index in [1.54, 1.807) is 20.3 Å². The van der Waals surface area contributed by atoms with Crippen LogP contribution < -0.4 is 0 Å². The molecule has 33 heavy (non-hydrogen) atoms. The maximum Gasteiger partial charge on any atom is 0.332 e. The van der Waals surface area contributed by atoms with Crippen LogP contribution in [-0.2, 0) is 19.0 Å². The number of methoxy groups -OCH3 is 2. The van der Waals surface area contributed by atoms with Crippen LogP contribution in [-0.4, -0.2) is 74.1 Å². The van der Waals surface area contributed by atoms with Crippen molar-refractivity contribution >= 4 is 5.97 Å². The predicted octanol–water partition coefficient (Wildman–Crippen LogP) is 2.79. The summed E-state index contributed by atoms with van der Waals surface area (Å²) >= 11 is 0. The quantitative estimate of drug-likeness (QED) is 0.258. The number of fused-ring (bicyclic) bond motifs is 3. The molecule has 0 amide bonds. The topological polar surface area (TPSA) is 51.2 Å². The van der Waals surface area contributed by atoms with Crippen molar-refractivity contribution in [2.75, 3.05) is 28.3 Å². The van der Waals surface area contributed by atoms with Crippen LogP contribution >= 0.6 is 0 Å². The number of terminal acetylenes is 1. The summed E-state index contributed by atoms with van der Waals surface area (Å²) in [6.45, 7) is 0. The summed E-state index contributed by atoms with van der Waals surface area (Å²) in [7, 11) is 7.32. The zero-order valence-electron chi connectivity index (χ0n) is 19.8. The molecule has 0 saturated carbocycles. The second kappa shape index (κ2) is 9.61. The molecule has 3 heterocycles. The van der Waals surface area contributed by atoms with E-state index in [4.69, 9.17) is 20.6 Å². The molecule has 0 aromatic rings. The number of rotatable bonds is 7. The Labute approximate surface area is 196 Å². The highest BCUT2D eigenvalue weighted by molar-refractivity contribution is 5.90. The van der Waals surface area contributed by atoms with Gasteiger partial charge in [-0.25, -0.2) is 4.79 Å². The number of carbonyl (C=O) groups is 1. The molecule has 0 aromatic heterocycles. The molecule has 6 nitrogen and oxygen atoms in total. The Hall–Kier alpha value is -2.77. The van der Waals surface area contributed by atoms with Gasteiger partial charge in [0.25, 0.3) is 0 Å². The predicted molar refractivity (Wildman–Crippen MR) is 127 cm³/mol. The second-order valence-electron chi connectivity index (χ2n) is 9.01. The standard InChI is InChI=1S/C27H32N2O4/c1-6-7-12-20(28(2)3)13-10-8-9-11-19-16-21-18-27(22(19)17-25(30)33-27)24-15-14-23(29(21)24)26(31-4)32-5/h1,10,12-13,16-17,21,23-24,26H,7-8,14-15,18H2,2-5H3/b13-10-,20-12+. The Balaban J connectivity index is 1.56. The zero-order chi connectivity index (χ0) is 23.6. The minimum absolute atomic E-state index is 0.123. The molecule has 1 aliphatic carbocycles. The van der Waals surface area contributed by atoms with Crippen LogP contribution in [0, 0.1) is 24.2 Å². The van der Waals surface area contributed by atoms with Crippen LogP contribution in [0.25, 0.3) is 0 Å². The molecule has 6 heteroatoms. The lowest BCUT2D eigenvalue weighted by Gasteiger charge is -2.33. The van der Waals surface area contributed by atoms with E-state index in [-0.39, 0.29) is 30.4 Å². The maximum atomic E-state index is 12.4. The average molecular weight is 449 g/mol. The van der Waals surface area contributed by atoms with Crippen molar-refractivity contribution in [3.63, 3.8) is 0 Å². The second-order valence-corrected chi connectivity index (χ2v) is 9.01. The lowest BCUT2D eigenvalue weighted by Crippen LogP contribution is -2.48. The number of carbonyl (C=O) groups excluding carboxylic acids is 1. The third-order valence-electron chi connectivity index (χ3n) is 7.02. The zero-order valence-corrected chi connectivity index (χ0v) is 19.8. The van der Waals surface area contributed by atoms with Crippen LogP contribution in [0.3, 0.4) is 0 Å². The van der Waals surface area contributed by atoms with Gasteiger partial charge in [0.1, 0.15) is 0 Å². The number of hydrogen-bond acceptors (Lipinski definition) is 6. The highest BCUT2D eigenvalue weighted by Crippen LogP contribution is 2.56. The Kier molecular flexibility index (Phi) is 6.81. The van der Waals surface area contributed by atoms with Gasteiger partial charge in [0.15, 0.2) is 11.9 Å². The van der Waals surface area contributed by atoms with Crippen LogP contribution in [0.4, 0.5) is 0 Å². The minimum atomic E-state index is -0.604. The van der Waals surface area contributed by atoms with Crippen molar-refractivity contribution in [2.45, 2.75) is 62.1 Å². The third-order valence-corrected chi connectivity index (χ3v) is 7.02. The molecule has 4 unspecified atom stereocenters. The number of esters is 1. The molecule has 4 aliphatic rings. The van der Waals surface area contributed by atoms with E-state index in [2.05, 4.69) is 28.7 Å². The molecule has 1 spiro atoms. The van der Waals surface area contributed by atoms with Crippen LogP contribution in [0.1, 0.15) is 32.1 Å². The van der Waals surface area contributed by atoms with Gasteiger partial charge in [-0.1, -0.05) is 24.0 Å². The molecule has 4 atom stereocenters. The largest absolute Gasteiger partial charge is 0.449 e. The molecule has 3 aliphatic heterocycles. The van der Waals surface area contributed by atoms with Crippen molar-refractivity contribution in [1.29, 1.82) is 0 Å². The summed E-state index contributed by atoms with van der Waals surface area (Å²) in [4.78, 5) is 16.8. The number of nitrogens with zero attached hydrogens (tertiary/aromatic N) is 2. The van der Waals surface area contributed by atoms with Crippen molar-refractivity contribution in [2.24, 2.45) is 0 Å². The minimum Gasteiger partial charge on any atom is -0.449 e. The van der Waals surface area contributed by atoms with Gasteiger partial charge in [0.2, 0.25) is 0 Å². The van der Waals surface area contributed by atoms with E-state index in [0.717, 1.165) is 36.1 Å². The first kappa shape index (κ1) is 23.4. The van der Waals surface area contributed by atoms with E-state index in [1.807, 2.05) is 37.2 Å². The van der Waals surface area contributed by atoms with E-state index in [9.17, 15) is 4.79 Å². The molecule has 0 N–H and O–H groups in total. The van der Waals surface area contributed by atoms with E-state index in [1.165, 1.54) is 0 Å². The normalized spacial score (nSPS) is 30.4. The summed E-state index contributed by atoms with van der Waals surface area (Å²) in [6.07, 6.45) is 18.8. The SMILES string of the molecule is C#CC/C=C(\C=C/CC#CC1=CC2CC3(OC(=O)C=C13)C1CCC(C(OC)OC)N21)N(C)C. The van der Waals surface area contributed by atoms with Crippen molar-refractivity contribution in [3.05, 3.63) is 47.2 Å². The fourth-order valence-electron chi connectivity index (χ4n) is 5.74. The highest BCUT2D eigenvalue weighted by atomic mass is 16.7. The molecule has 2 saturated heterocycles. The maximum absolute atomic E-state index is 12.4. The first-order valence-electron chi connectivity index (χ1n) is 11.4. The summed E-state index contributed by atoms with van der Waals surface area (Å²) in [5, 5.41) is 0. The molecule has 2 fully saturated rings. The Morgan fingerprint density at radius 3 is 2.85 bits per heavy atom. The van der Waals surface area contributed by atoms with Crippen molar-refractivity contribution in [3.8, 4) is 24.2 Å². The van der Waals surface area contributed by atoms with Gasteiger partial charge in [-0.2, -0.15) is 0 Å². The molecule has 0 radical (unpaired) electrons. The molecule has 4 rings (SSSR count). The van der Waals surface area contributed by atoms with Crippen LogP contribution in [0.2, 0.25) is 0 Å². The highest BCUT2D eigenvalue weighted by Gasteiger charge is 2.65. The fraction of sp³-hybridized carbons (Fsp3) is 0.519. The molecule has 0 aromatic carbocycles. The van der Waals surface area contributed by atoms with Gasteiger partial charge in [0, 0.05) is 76.5 Å². The summed E-state index contributed by atoms with van der Waals surface area (Å²) < 4.78 is 17.2. The van der Waals surface area contributed by atoms with E-state index >= 15 is 0 Å². The molecule has 174 valence electrons. The average Bonchev–Trinajstić information content (AvgIpc) is 3.44. The van der Waals surface area contributed by atoms with E-state index < -0.39 is 5.60 Å². The van der Waals surface area contributed by atoms with Gasteiger partial charge in [-0.3, -0.25) is 4.90 Å². The summed E-state index contributed by atoms with van der Waals surface area (Å²) in [5.41, 5.74) is 2.29. The van der Waals surface area contributed by atoms with Gasteiger partial charge < -0.3 is 19.1 Å². The molecular formula is C27H32N2O4. The van der Waals surface area contributed by atoms with Gasteiger partial charge in [-0.05, 0) is 25.0 Å². The first-order valence-corrected chi connectivity index (χ1v) is 11.4. The molecular weight excluding hydrogens is 416 g/mol. The number of allylic oxidation sites excluding steroid dienone is 3. The summed E-state index contributed by atoms with van der Waals surface area (Å²) in [5.74, 6) is 8.94. The van der Waals surface area contributed by atoms with Gasteiger partial charge in [-0.15, -0.1) is 12.3 Å². The Bertz CT molecular complexity index is 1010. The molecule has 2 bridgehead atoms. The first-order chi connectivity index (χ1) is 15.9. The van der Waals surface area contributed by atoms with Crippen LogP contribution in [0.15, 0.2) is 47.2 Å². The third kappa shape index (κ3) is 4.15. The fourth-order valence-corrected chi connectivity index (χ4v) is 5.74. The Morgan fingerprint density at radius 1 is 1.36 bits per heavy atom. The summed E-state index contributed by atoms with van der Waals surface area (Å²) in [6, 6.07) is 0.392. The van der Waals surface area contributed by atoms with Crippen molar-refractivity contribution in [1.82, 2.24) is 9.80 Å². The van der Waals surface area contributed by atoms with Crippen LogP contribution in [0.5, 0.6) is 0 Å². The lowest BCUT2D eigenvalue weighted by molar-refractivity contribution is -0.151.